The van der Waals surface area contributed by atoms with Gasteiger partial charge in [-0.3, -0.25) is 4.79 Å². The van der Waals surface area contributed by atoms with Gasteiger partial charge in [-0.2, -0.15) is 0 Å². The van der Waals surface area contributed by atoms with Crippen molar-refractivity contribution in [1.82, 2.24) is 10.2 Å². The van der Waals surface area contributed by atoms with Gasteiger partial charge in [0.1, 0.15) is 13.2 Å². The van der Waals surface area contributed by atoms with Gasteiger partial charge in [0.05, 0.1) is 6.04 Å². The summed E-state index contributed by atoms with van der Waals surface area (Å²) in [6, 6.07) is 5.66. The number of likely N-dealkylation sites (N-methyl/N-ethyl adjacent to an activating group) is 1. The summed E-state index contributed by atoms with van der Waals surface area (Å²) in [4.78, 5) is 13.7. The molecule has 0 fully saturated rings. The summed E-state index contributed by atoms with van der Waals surface area (Å²) in [6.07, 6.45) is 0. The standard InChI is InChI=1S/C15H22N2O3/c1-4-17(3)15(18)11(2)16-10-12-5-6-13-14(9-12)20-8-7-19-13/h5-6,9,11,16H,4,7-8,10H2,1-3H3/t11-/m1/s1. The molecule has 0 unspecified atom stereocenters. The van der Waals surface area contributed by atoms with E-state index in [1.54, 1.807) is 4.90 Å². The Morgan fingerprint density at radius 2 is 2.05 bits per heavy atom. The molecule has 1 atom stereocenters. The Hall–Kier alpha value is -1.75. The zero-order chi connectivity index (χ0) is 14.5. The van der Waals surface area contributed by atoms with E-state index < -0.39 is 0 Å². The number of rotatable bonds is 5. The Balaban J connectivity index is 1.92. The fourth-order valence-corrected chi connectivity index (χ4v) is 2.04. The van der Waals surface area contributed by atoms with Crippen molar-refractivity contribution in [3.05, 3.63) is 23.8 Å². The number of carbonyl (C=O) groups is 1. The highest BCUT2D eigenvalue weighted by molar-refractivity contribution is 5.81. The molecule has 0 aromatic heterocycles. The van der Waals surface area contributed by atoms with Gasteiger partial charge >= 0.3 is 0 Å². The summed E-state index contributed by atoms with van der Waals surface area (Å²) in [7, 11) is 1.81. The van der Waals surface area contributed by atoms with Crippen LogP contribution in [0.5, 0.6) is 11.5 Å². The predicted octanol–water partition coefficient (Wildman–Crippen LogP) is 1.41. The molecule has 1 aromatic rings. The maximum absolute atomic E-state index is 11.9. The largest absolute Gasteiger partial charge is 0.486 e. The van der Waals surface area contributed by atoms with Crippen molar-refractivity contribution in [2.45, 2.75) is 26.4 Å². The second-order valence-corrected chi connectivity index (χ2v) is 4.93. The Morgan fingerprint density at radius 3 is 2.75 bits per heavy atom. The highest BCUT2D eigenvalue weighted by Gasteiger charge is 2.16. The summed E-state index contributed by atoms with van der Waals surface area (Å²) in [5.41, 5.74) is 1.08. The number of nitrogens with zero attached hydrogens (tertiary/aromatic N) is 1. The van der Waals surface area contributed by atoms with E-state index >= 15 is 0 Å². The van der Waals surface area contributed by atoms with E-state index in [1.807, 2.05) is 39.1 Å². The molecule has 0 saturated heterocycles. The molecule has 0 spiro atoms. The molecule has 1 aromatic carbocycles. The Labute approximate surface area is 119 Å². The molecule has 0 bridgehead atoms. The lowest BCUT2D eigenvalue weighted by atomic mass is 10.1. The monoisotopic (exact) mass is 278 g/mol. The third-order valence-corrected chi connectivity index (χ3v) is 3.44. The zero-order valence-corrected chi connectivity index (χ0v) is 12.3. The summed E-state index contributed by atoms with van der Waals surface area (Å²) in [6.45, 7) is 6.37. The van der Waals surface area contributed by atoms with Gasteiger partial charge in [0.25, 0.3) is 0 Å². The van der Waals surface area contributed by atoms with Gasteiger partial charge in [-0.1, -0.05) is 6.07 Å². The molecule has 110 valence electrons. The van der Waals surface area contributed by atoms with Crippen LogP contribution in [-0.2, 0) is 11.3 Å². The van der Waals surface area contributed by atoms with Crippen molar-refractivity contribution in [2.24, 2.45) is 0 Å². The zero-order valence-electron chi connectivity index (χ0n) is 12.3. The lowest BCUT2D eigenvalue weighted by Crippen LogP contribution is -2.42. The van der Waals surface area contributed by atoms with Crippen LogP contribution < -0.4 is 14.8 Å². The molecule has 0 aliphatic carbocycles. The quantitative estimate of drug-likeness (QED) is 0.885. The molecule has 1 aliphatic rings. The predicted molar refractivity (Wildman–Crippen MR) is 77.0 cm³/mol. The first-order valence-corrected chi connectivity index (χ1v) is 6.98. The van der Waals surface area contributed by atoms with E-state index in [4.69, 9.17) is 9.47 Å². The van der Waals surface area contributed by atoms with Gasteiger partial charge in [0.2, 0.25) is 5.91 Å². The van der Waals surface area contributed by atoms with Gasteiger partial charge in [-0.05, 0) is 31.5 Å². The molecule has 2 rings (SSSR count). The van der Waals surface area contributed by atoms with Crippen LogP contribution >= 0.6 is 0 Å². The second-order valence-electron chi connectivity index (χ2n) is 4.93. The Morgan fingerprint density at radius 1 is 1.35 bits per heavy atom. The van der Waals surface area contributed by atoms with Gasteiger partial charge < -0.3 is 19.7 Å². The maximum Gasteiger partial charge on any atom is 0.239 e. The van der Waals surface area contributed by atoms with Crippen LogP contribution in [0.3, 0.4) is 0 Å². The molecule has 5 heteroatoms. The fraction of sp³-hybridized carbons (Fsp3) is 0.533. The number of hydrogen-bond acceptors (Lipinski definition) is 4. The number of ether oxygens (including phenoxy) is 2. The average molecular weight is 278 g/mol. The number of benzene rings is 1. The lowest BCUT2D eigenvalue weighted by Gasteiger charge is -2.21. The van der Waals surface area contributed by atoms with Crippen molar-refractivity contribution in [3.8, 4) is 11.5 Å². The molecule has 1 aliphatic heterocycles. The van der Waals surface area contributed by atoms with Crippen molar-refractivity contribution in [3.63, 3.8) is 0 Å². The maximum atomic E-state index is 11.9. The number of nitrogens with one attached hydrogen (secondary N) is 1. The topological polar surface area (TPSA) is 50.8 Å². The third kappa shape index (κ3) is 3.42. The van der Waals surface area contributed by atoms with Crippen LogP contribution in [-0.4, -0.2) is 43.7 Å². The fourth-order valence-electron chi connectivity index (χ4n) is 2.04. The van der Waals surface area contributed by atoms with Crippen LogP contribution in [0.4, 0.5) is 0 Å². The number of amides is 1. The average Bonchev–Trinajstić information content (AvgIpc) is 2.50. The SMILES string of the molecule is CCN(C)C(=O)[C@@H](C)NCc1ccc2c(c1)OCCO2. The minimum atomic E-state index is -0.201. The summed E-state index contributed by atoms with van der Waals surface area (Å²) in [5, 5.41) is 3.23. The molecule has 20 heavy (non-hydrogen) atoms. The van der Waals surface area contributed by atoms with E-state index in [0.29, 0.717) is 19.8 Å². The molecule has 1 amide bonds. The number of fused-ring (bicyclic) bond motifs is 1. The highest BCUT2D eigenvalue weighted by Crippen LogP contribution is 2.30. The van der Waals surface area contributed by atoms with Crippen molar-refractivity contribution in [2.75, 3.05) is 26.8 Å². The van der Waals surface area contributed by atoms with Gasteiger partial charge in [0, 0.05) is 20.1 Å². The van der Waals surface area contributed by atoms with Crippen LogP contribution in [0.2, 0.25) is 0 Å². The van der Waals surface area contributed by atoms with E-state index in [1.165, 1.54) is 0 Å². The first-order valence-electron chi connectivity index (χ1n) is 6.98. The van der Waals surface area contributed by atoms with Crippen LogP contribution in [0, 0.1) is 0 Å². The van der Waals surface area contributed by atoms with Crippen molar-refractivity contribution >= 4 is 5.91 Å². The molecule has 0 radical (unpaired) electrons. The summed E-state index contributed by atoms with van der Waals surface area (Å²) < 4.78 is 11.0. The molecular formula is C15H22N2O3. The van der Waals surface area contributed by atoms with E-state index in [-0.39, 0.29) is 11.9 Å². The van der Waals surface area contributed by atoms with Gasteiger partial charge in [-0.25, -0.2) is 0 Å². The first-order chi connectivity index (χ1) is 9.61. The Kier molecular flexibility index (Phi) is 4.84. The number of hydrogen-bond donors (Lipinski definition) is 1. The van der Waals surface area contributed by atoms with E-state index in [2.05, 4.69) is 5.32 Å². The van der Waals surface area contributed by atoms with Gasteiger partial charge in [-0.15, -0.1) is 0 Å². The summed E-state index contributed by atoms with van der Waals surface area (Å²) in [5.74, 6) is 1.67. The first kappa shape index (κ1) is 14.7. The highest BCUT2D eigenvalue weighted by atomic mass is 16.6. The molecule has 1 heterocycles. The summed E-state index contributed by atoms with van der Waals surface area (Å²) >= 11 is 0. The Bertz CT molecular complexity index is 476. The number of carbonyl (C=O) groups excluding carboxylic acids is 1. The molecule has 0 saturated carbocycles. The second kappa shape index (κ2) is 6.61. The minimum Gasteiger partial charge on any atom is -0.486 e. The molecular weight excluding hydrogens is 256 g/mol. The normalized spacial score (nSPS) is 14.8. The van der Waals surface area contributed by atoms with E-state index in [9.17, 15) is 4.79 Å². The lowest BCUT2D eigenvalue weighted by molar-refractivity contribution is -0.131. The molecule has 1 N–H and O–H groups in total. The van der Waals surface area contributed by atoms with Crippen molar-refractivity contribution < 1.29 is 14.3 Å². The van der Waals surface area contributed by atoms with Crippen LogP contribution in [0.15, 0.2) is 18.2 Å². The minimum absolute atomic E-state index is 0.102. The third-order valence-electron chi connectivity index (χ3n) is 3.44. The van der Waals surface area contributed by atoms with E-state index in [0.717, 1.165) is 23.6 Å². The van der Waals surface area contributed by atoms with Crippen LogP contribution in [0.25, 0.3) is 0 Å². The van der Waals surface area contributed by atoms with Crippen LogP contribution in [0.1, 0.15) is 19.4 Å². The van der Waals surface area contributed by atoms with Crippen molar-refractivity contribution in [1.29, 1.82) is 0 Å². The smallest absolute Gasteiger partial charge is 0.239 e. The van der Waals surface area contributed by atoms with Gasteiger partial charge in [0.15, 0.2) is 11.5 Å². The molecule has 5 nitrogen and oxygen atoms in total.